The number of carbonyl (C=O) groups excluding carboxylic acids is 1. The minimum Gasteiger partial charge on any atom is -0.295 e. The molecule has 2 rings (SSSR count). The number of anilines is 1. The van der Waals surface area contributed by atoms with Crippen molar-refractivity contribution in [2.75, 3.05) is 4.72 Å². The van der Waals surface area contributed by atoms with Crippen LogP contribution in [0, 0.1) is 0 Å². The summed E-state index contributed by atoms with van der Waals surface area (Å²) in [5, 5.41) is 0. The maximum absolute atomic E-state index is 12.2. The molecule has 0 spiro atoms. The van der Waals surface area contributed by atoms with Gasteiger partial charge in [-0.15, -0.1) is 0 Å². The molecular weight excluding hydrogens is 344 g/mol. The normalized spacial score (nSPS) is 11.1. The fourth-order valence-corrected chi connectivity index (χ4v) is 3.09. The van der Waals surface area contributed by atoms with Crippen molar-refractivity contribution in [1.82, 2.24) is 4.98 Å². The first kappa shape index (κ1) is 14.7. The number of ketones is 1. The van der Waals surface area contributed by atoms with E-state index in [-0.39, 0.29) is 10.7 Å². The number of aromatic nitrogens is 1. The van der Waals surface area contributed by atoms with E-state index in [1.54, 1.807) is 6.07 Å². The third-order valence-electron chi connectivity index (χ3n) is 2.59. The third kappa shape index (κ3) is 3.23. The van der Waals surface area contributed by atoms with Crippen molar-refractivity contribution in [2.45, 2.75) is 11.8 Å². The lowest BCUT2D eigenvalue weighted by Gasteiger charge is -2.09. The summed E-state index contributed by atoms with van der Waals surface area (Å²) in [5.41, 5.74) is 0.865. The summed E-state index contributed by atoms with van der Waals surface area (Å²) in [6, 6.07) is 7.31. The van der Waals surface area contributed by atoms with Crippen molar-refractivity contribution < 1.29 is 13.2 Å². The van der Waals surface area contributed by atoms with Gasteiger partial charge in [-0.1, -0.05) is 12.1 Å². The maximum atomic E-state index is 12.2. The van der Waals surface area contributed by atoms with Gasteiger partial charge in [0.1, 0.15) is 0 Å². The molecule has 1 N–H and O–H groups in total. The third-order valence-corrected chi connectivity index (χ3v) is 4.60. The van der Waals surface area contributed by atoms with Gasteiger partial charge in [0, 0.05) is 18.0 Å². The number of Topliss-reactive ketones (excluding diaryl/α,β-unsaturated/α-hetero) is 1. The second-order valence-corrected chi connectivity index (χ2v) is 6.58. The zero-order chi connectivity index (χ0) is 14.8. The molecule has 2 aromatic rings. The predicted octanol–water partition coefficient (Wildman–Crippen LogP) is 2.85. The number of sulfonamides is 1. The number of nitrogens with one attached hydrogen (secondary N) is 1. The van der Waals surface area contributed by atoms with Crippen molar-refractivity contribution in [2.24, 2.45) is 0 Å². The quantitative estimate of drug-likeness (QED) is 0.856. The Morgan fingerprint density at radius 3 is 2.40 bits per heavy atom. The molecule has 0 aliphatic heterocycles. The monoisotopic (exact) mass is 354 g/mol. The number of halogens is 1. The Hall–Kier alpha value is -1.73. The number of pyridine rings is 1. The van der Waals surface area contributed by atoms with E-state index >= 15 is 0 Å². The number of hydrogen-bond acceptors (Lipinski definition) is 4. The van der Waals surface area contributed by atoms with E-state index in [1.165, 1.54) is 43.6 Å². The van der Waals surface area contributed by atoms with Gasteiger partial charge in [-0.3, -0.25) is 14.5 Å². The Morgan fingerprint density at radius 1 is 1.20 bits per heavy atom. The molecular formula is C13H11BrN2O3S. The second-order valence-electron chi connectivity index (χ2n) is 4.04. The molecule has 1 heterocycles. The fourth-order valence-electron chi connectivity index (χ4n) is 1.53. The van der Waals surface area contributed by atoms with Crippen LogP contribution in [0.15, 0.2) is 52.1 Å². The van der Waals surface area contributed by atoms with Crippen molar-refractivity contribution in [3.63, 3.8) is 0 Å². The molecule has 1 aromatic carbocycles. The summed E-state index contributed by atoms with van der Waals surface area (Å²) in [6.45, 7) is 1.43. The predicted molar refractivity (Wildman–Crippen MR) is 79.2 cm³/mol. The molecule has 0 saturated carbocycles. The van der Waals surface area contributed by atoms with Crippen molar-refractivity contribution in [3.05, 3.63) is 52.8 Å². The van der Waals surface area contributed by atoms with Gasteiger partial charge in [0.2, 0.25) is 0 Å². The molecule has 104 valence electrons. The smallest absolute Gasteiger partial charge is 0.261 e. The lowest BCUT2D eigenvalue weighted by atomic mass is 10.2. The van der Waals surface area contributed by atoms with Crippen LogP contribution in [-0.2, 0) is 10.0 Å². The second kappa shape index (κ2) is 5.72. The Kier molecular flexibility index (Phi) is 4.20. The SMILES string of the molecule is CC(=O)c1ccc(S(=O)(=O)Nc2ccncc2Br)cc1. The zero-order valence-corrected chi connectivity index (χ0v) is 12.9. The molecule has 0 aliphatic carbocycles. The molecule has 0 fully saturated rings. The van der Waals surface area contributed by atoms with E-state index in [4.69, 9.17) is 0 Å². The number of hydrogen-bond donors (Lipinski definition) is 1. The van der Waals surface area contributed by atoms with Crippen molar-refractivity contribution >= 4 is 37.4 Å². The summed E-state index contributed by atoms with van der Waals surface area (Å²) in [7, 11) is -3.70. The highest BCUT2D eigenvalue weighted by atomic mass is 79.9. The number of carbonyl (C=O) groups is 1. The van der Waals surface area contributed by atoms with E-state index in [2.05, 4.69) is 25.6 Å². The van der Waals surface area contributed by atoms with Gasteiger partial charge in [-0.05, 0) is 41.1 Å². The van der Waals surface area contributed by atoms with Crippen LogP contribution < -0.4 is 4.72 Å². The number of nitrogens with zero attached hydrogens (tertiary/aromatic N) is 1. The highest BCUT2D eigenvalue weighted by Crippen LogP contribution is 2.23. The van der Waals surface area contributed by atoms with E-state index < -0.39 is 10.0 Å². The molecule has 0 aliphatic rings. The van der Waals surface area contributed by atoms with Crippen LogP contribution in [0.2, 0.25) is 0 Å². The minimum atomic E-state index is -3.70. The largest absolute Gasteiger partial charge is 0.295 e. The van der Waals surface area contributed by atoms with E-state index in [1.807, 2.05) is 0 Å². The Labute approximate surface area is 125 Å². The molecule has 0 atom stereocenters. The van der Waals surface area contributed by atoms with E-state index in [0.29, 0.717) is 15.7 Å². The summed E-state index contributed by atoms with van der Waals surface area (Å²) < 4.78 is 27.4. The summed E-state index contributed by atoms with van der Waals surface area (Å²) in [4.78, 5) is 15.1. The molecule has 20 heavy (non-hydrogen) atoms. The van der Waals surface area contributed by atoms with Gasteiger partial charge in [-0.2, -0.15) is 0 Å². The molecule has 0 unspecified atom stereocenters. The average molecular weight is 355 g/mol. The van der Waals surface area contributed by atoms with Gasteiger partial charge in [-0.25, -0.2) is 8.42 Å². The van der Waals surface area contributed by atoms with Gasteiger partial charge in [0.25, 0.3) is 10.0 Å². The lowest BCUT2D eigenvalue weighted by Crippen LogP contribution is -2.13. The lowest BCUT2D eigenvalue weighted by molar-refractivity contribution is 0.101. The van der Waals surface area contributed by atoms with Crippen LogP contribution >= 0.6 is 15.9 Å². The fraction of sp³-hybridized carbons (Fsp3) is 0.0769. The van der Waals surface area contributed by atoms with Gasteiger partial charge >= 0.3 is 0 Å². The summed E-state index contributed by atoms with van der Waals surface area (Å²) >= 11 is 3.22. The molecule has 1 aromatic heterocycles. The Morgan fingerprint density at radius 2 is 1.85 bits per heavy atom. The first-order valence-corrected chi connectivity index (χ1v) is 7.91. The van der Waals surface area contributed by atoms with Crippen molar-refractivity contribution in [1.29, 1.82) is 0 Å². The zero-order valence-electron chi connectivity index (χ0n) is 10.5. The molecule has 7 heteroatoms. The highest BCUT2D eigenvalue weighted by Gasteiger charge is 2.15. The van der Waals surface area contributed by atoms with Crippen LogP contribution in [0.4, 0.5) is 5.69 Å². The molecule has 0 amide bonds. The number of rotatable bonds is 4. The van der Waals surface area contributed by atoms with Gasteiger partial charge in [0.15, 0.2) is 5.78 Å². The summed E-state index contributed by atoms with van der Waals surface area (Å²) in [5.74, 6) is -0.112. The first-order chi connectivity index (χ1) is 9.40. The van der Waals surface area contributed by atoms with Crippen LogP contribution in [0.25, 0.3) is 0 Å². The Bertz CT molecular complexity index is 742. The topological polar surface area (TPSA) is 76.1 Å². The molecule has 0 saturated heterocycles. The summed E-state index contributed by atoms with van der Waals surface area (Å²) in [6.07, 6.45) is 2.98. The van der Waals surface area contributed by atoms with Crippen LogP contribution in [0.5, 0.6) is 0 Å². The van der Waals surface area contributed by atoms with Crippen molar-refractivity contribution in [3.8, 4) is 0 Å². The minimum absolute atomic E-state index is 0.0891. The van der Waals surface area contributed by atoms with Crippen LogP contribution in [0.1, 0.15) is 17.3 Å². The van der Waals surface area contributed by atoms with Crippen LogP contribution in [0.3, 0.4) is 0 Å². The van der Waals surface area contributed by atoms with E-state index in [0.717, 1.165) is 0 Å². The highest BCUT2D eigenvalue weighted by molar-refractivity contribution is 9.10. The molecule has 0 radical (unpaired) electrons. The molecule has 0 bridgehead atoms. The van der Waals surface area contributed by atoms with E-state index in [9.17, 15) is 13.2 Å². The maximum Gasteiger partial charge on any atom is 0.261 e. The van der Waals surface area contributed by atoms with Gasteiger partial charge in [0.05, 0.1) is 15.1 Å². The average Bonchev–Trinajstić information content (AvgIpc) is 2.41. The van der Waals surface area contributed by atoms with Gasteiger partial charge < -0.3 is 0 Å². The molecule has 5 nitrogen and oxygen atoms in total. The first-order valence-electron chi connectivity index (χ1n) is 5.63. The standard InChI is InChI=1S/C13H11BrN2O3S/c1-9(17)10-2-4-11(5-3-10)20(18,19)16-13-6-7-15-8-12(13)14/h2-8H,1H3,(H,15,16). The Balaban J connectivity index is 2.31. The number of benzene rings is 1. The van der Waals surface area contributed by atoms with Crippen LogP contribution in [-0.4, -0.2) is 19.2 Å².